The van der Waals surface area contributed by atoms with Gasteiger partial charge in [-0.1, -0.05) is 24.0 Å². The molecule has 0 unspecified atom stereocenters. The number of hydrogen-bond donors (Lipinski definition) is 1. The Bertz CT molecular complexity index is 542. The molecule has 2 amide bonds. The zero-order chi connectivity index (χ0) is 15.1. The lowest BCUT2D eigenvalue weighted by atomic mass is 10.1. The second-order valence-corrected chi connectivity index (χ2v) is 4.90. The first-order valence-corrected chi connectivity index (χ1v) is 6.97. The molecule has 1 fully saturated rings. The highest BCUT2D eigenvalue weighted by molar-refractivity contribution is 5.74. The minimum Gasteiger partial charge on any atom is -0.384 e. The number of carbonyl (C=O) groups excluding carboxylic acids is 1. The van der Waals surface area contributed by atoms with Crippen LogP contribution in [0.3, 0.4) is 0 Å². The van der Waals surface area contributed by atoms with Gasteiger partial charge in [-0.05, 0) is 17.7 Å². The Labute approximate surface area is 125 Å². The van der Waals surface area contributed by atoms with Gasteiger partial charge < -0.3 is 19.6 Å². The lowest BCUT2D eigenvalue weighted by Gasteiger charge is -2.31. The average Bonchev–Trinajstić information content (AvgIpc) is 2.53. The fourth-order valence-corrected chi connectivity index (χ4v) is 2.23. The Morgan fingerprint density at radius 2 is 2.19 bits per heavy atom. The van der Waals surface area contributed by atoms with E-state index in [4.69, 9.17) is 9.84 Å². The number of aliphatic hydroxyl groups is 1. The van der Waals surface area contributed by atoms with Crippen LogP contribution in [-0.4, -0.2) is 60.9 Å². The van der Waals surface area contributed by atoms with Crippen molar-refractivity contribution in [1.82, 2.24) is 9.80 Å². The zero-order valence-corrected chi connectivity index (χ0v) is 12.2. The number of nitrogens with zero attached hydrogens (tertiary/aromatic N) is 2. The smallest absolute Gasteiger partial charge is 0.320 e. The lowest BCUT2D eigenvalue weighted by molar-refractivity contribution is 0.0448. The molecule has 1 aliphatic heterocycles. The molecule has 0 radical (unpaired) electrons. The van der Waals surface area contributed by atoms with Crippen LogP contribution < -0.4 is 0 Å². The SMILES string of the molecule is CN(Cc1cccc(C#CCO)c1)C(=O)N1CCOCC1. The summed E-state index contributed by atoms with van der Waals surface area (Å²) in [6.45, 7) is 2.87. The quantitative estimate of drug-likeness (QED) is 0.823. The number of amides is 2. The van der Waals surface area contributed by atoms with Crippen LogP contribution in [0.4, 0.5) is 4.79 Å². The number of benzene rings is 1. The fraction of sp³-hybridized carbons (Fsp3) is 0.438. The van der Waals surface area contributed by atoms with Crippen molar-refractivity contribution in [3.8, 4) is 11.8 Å². The molecule has 2 rings (SSSR count). The second-order valence-electron chi connectivity index (χ2n) is 4.90. The fourth-order valence-electron chi connectivity index (χ4n) is 2.23. The monoisotopic (exact) mass is 288 g/mol. The summed E-state index contributed by atoms with van der Waals surface area (Å²) in [4.78, 5) is 15.8. The Balaban J connectivity index is 1.98. The number of carbonyl (C=O) groups is 1. The van der Waals surface area contributed by atoms with Gasteiger partial charge in [0.25, 0.3) is 0 Å². The Morgan fingerprint density at radius 1 is 1.43 bits per heavy atom. The number of hydrogen-bond acceptors (Lipinski definition) is 3. The summed E-state index contributed by atoms with van der Waals surface area (Å²) in [5, 5.41) is 8.72. The van der Waals surface area contributed by atoms with E-state index in [1.807, 2.05) is 24.3 Å². The third-order valence-electron chi connectivity index (χ3n) is 3.27. The molecule has 0 bridgehead atoms. The Hall–Kier alpha value is -2.03. The van der Waals surface area contributed by atoms with Crippen LogP contribution in [-0.2, 0) is 11.3 Å². The van der Waals surface area contributed by atoms with Crippen molar-refractivity contribution in [1.29, 1.82) is 0 Å². The Morgan fingerprint density at radius 3 is 2.90 bits per heavy atom. The van der Waals surface area contributed by atoms with Crippen LogP contribution in [0.5, 0.6) is 0 Å². The molecule has 1 saturated heterocycles. The van der Waals surface area contributed by atoms with E-state index in [2.05, 4.69) is 11.8 Å². The van der Waals surface area contributed by atoms with E-state index in [1.54, 1.807) is 16.8 Å². The second kappa shape index (κ2) is 7.67. The maximum absolute atomic E-state index is 12.3. The van der Waals surface area contributed by atoms with Gasteiger partial charge in [0.05, 0.1) is 13.2 Å². The summed E-state index contributed by atoms with van der Waals surface area (Å²) in [5.74, 6) is 5.49. The van der Waals surface area contributed by atoms with E-state index >= 15 is 0 Å². The molecule has 1 aliphatic rings. The minimum atomic E-state index is -0.153. The lowest BCUT2D eigenvalue weighted by Crippen LogP contribution is -2.46. The number of morpholine rings is 1. The molecule has 5 heteroatoms. The van der Waals surface area contributed by atoms with Gasteiger partial charge in [0.2, 0.25) is 0 Å². The van der Waals surface area contributed by atoms with Gasteiger partial charge in [0, 0.05) is 32.2 Å². The summed E-state index contributed by atoms with van der Waals surface area (Å²) in [6.07, 6.45) is 0. The van der Waals surface area contributed by atoms with Crippen LogP contribution in [0.1, 0.15) is 11.1 Å². The van der Waals surface area contributed by atoms with E-state index in [0.29, 0.717) is 32.8 Å². The minimum absolute atomic E-state index is 0.0187. The molecule has 21 heavy (non-hydrogen) atoms. The molecule has 1 aromatic rings. The maximum atomic E-state index is 12.3. The first-order chi connectivity index (χ1) is 10.2. The highest BCUT2D eigenvalue weighted by Crippen LogP contribution is 2.09. The molecule has 1 N–H and O–H groups in total. The predicted octanol–water partition coefficient (Wildman–Crippen LogP) is 0.914. The molecular formula is C16H20N2O3. The third kappa shape index (κ3) is 4.48. The number of ether oxygens (including phenoxy) is 1. The van der Waals surface area contributed by atoms with Crippen LogP contribution in [0, 0.1) is 11.8 Å². The molecule has 0 atom stereocenters. The zero-order valence-electron chi connectivity index (χ0n) is 12.2. The highest BCUT2D eigenvalue weighted by Gasteiger charge is 2.20. The molecule has 112 valence electrons. The molecule has 0 spiro atoms. The van der Waals surface area contributed by atoms with Crippen molar-refractivity contribution in [2.75, 3.05) is 40.0 Å². The summed E-state index contributed by atoms with van der Waals surface area (Å²) < 4.78 is 5.25. The molecule has 1 heterocycles. The largest absolute Gasteiger partial charge is 0.384 e. The first-order valence-electron chi connectivity index (χ1n) is 6.97. The highest BCUT2D eigenvalue weighted by atomic mass is 16.5. The van der Waals surface area contributed by atoms with E-state index in [9.17, 15) is 4.79 Å². The van der Waals surface area contributed by atoms with Crippen molar-refractivity contribution in [3.05, 3.63) is 35.4 Å². The van der Waals surface area contributed by atoms with Crippen molar-refractivity contribution in [2.24, 2.45) is 0 Å². The van der Waals surface area contributed by atoms with Gasteiger partial charge >= 0.3 is 6.03 Å². The van der Waals surface area contributed by atoms with Crippen molar-refractivity contribution in [2.45, 2.75) is 6.54 Å². The molecule has 0 saturated carbocycles. The summed E-state index contributed by atoms with van der Waals surface area (Å²) in [6, 6.07) is 7.71. The molecule has 0 aromatic heterocycles. The number of aliphatic hydroxyl groups excluding tert-OH is 1. The third-order valence-corrected chi connectivity index (χ3v) is 3.27. The van der Waals surface area contributed by atoms with Crippen LogP contribution in [0.2, 0.25) is 0 Å². The first kappa shape index (κ1) is 15.4. The summed E-state index contributed by atoms with van der Waals surface area (Å²) >= 11 is 0. The molecule has 5 nitrogen and oxygen atoms in total. The van der Waals surface area contributed by atoms with Crippen molar-refractivity contribution < 1.29 is 14.6 Å². The van der Waals surface area contributed by atoms with E-state index in [1.165, 1.54) is 0 Å². The molecule has 0 aliphatic carbocycles. The average molecular weight is 288 g/mol. The predicted molar refractivity (Wildman–Crippen MR) is 79.7 cm³/mol. The van der Waals surface area contributed by atoms with Crippen LogP contribution in [0.25, 0.3) is 0 Å². The normalized spacial score (nSPS) is 14.3. The molecule has 1 aromatic carbocycles. The maximum Gasteiger partial charge on any atom is 0.320 e. The van der Waals surface area contributed by atoms with Crippen LogP contribution >= 0.6 is 0 Å². The summed E-state index contributed by atoms with van der Waals surface area (Å²) in [5.41, 5.74) is 1.86. The van der Waals surface area contributed by atoms with Crippen LogP contribution in [0.15, 0.2) is 24.3 Å². The van der Waals surface area contributed by atoms with Gasteiger partial charge in [0.1, 0.15) is 6.61 Å². The van der Waals surface area contributed by atoms with Gasteiger partial charge in [-0.15, -0.1) is 0 Å². The van der Waals surface area contributed by atoms with E-state index in [0.717, 1.165) is 11.1 Å². The standard InChI is InChI=1S/C16H20N2O3/c1-17(16(20)18-7-10-21-11-8-18)13-15-5-2-4-14(12-15)6-3-9-19/h2,4-5,12,19H,7-11,13H2,1H3. The van der Waals surface area contributed by atoms with Crippen molar-refractivity contribution >= 4 is 6.03 Å². The molecular weight excluding hydrogens is 268 g/mol. The van der Waals surface area contributed by atoms with E-state index < -0.39 is 0 Å². The van der Waals surface area contributed by atoms with Gasteiger partial charge in [-0.25, -0.2) is 4.79 Å². The number of urea groups is 1. The van der Waals surface area contributed by atoms with Gasteiger partial charge in [-0.2, -0.15) is 0 Å². The number of rotatable bonds is 2. The summed E-state index contributed by atoms with van der Waals surface area (Å²) in [7, 11) is 1.80. The van der Waals surface area contributed by atoms with Gasteiger partial charge in [0.15, 0.2) is 0 Å². The van der Waals surface area contributed by atoms with E-state index in [-0.39, 0.29) is 12.6 Å². The van der Waals surface area contributed by atoms with Gasteiger partial charge in [-0.3, -0.25) is 0 Å². The topological polar surface area (TPSA) is 53.0 Å². The Kier molecular flexibility index (Phi) is 5.61. The van der Waals surface area contributed by atoms with Crippen molar-refractivity contribution in [3.63, 3.8) is 0 Å².